The van der Waals surface area contributed by atoms with Crippen LogP contribution in [0.4, 0.5) is 24.7 Å². The highest BCUT2D eigenvalue weighted by Gasteiger charge is 2.27. The van der Waals surface area contributed by atoms with Gasteiger partial charge in [0.05, 0.1) is 27.6 Å². The lowest BCUT2D eigenvalue weighted by molar-refractivity contribution is 0.228. The summed E-state index contributed by atoms with van der Waals surface area (Å²) in [6.07, 6.45) is 0.879. The molecule has 0 saturated heterocycles. The number of aromatic nitrogens is 5. The zero-order valence-corrected chi connectivity index (χ0v) is 24.9. The highest BCUT2D eigenvalue weighted by Crippen LogP contribution is 2.40. The fourth-order valence-electron chi connectivity index (χ4n) is 5.18. The van der Waals surface area contributed by atoms with Crippen molar-refractivity contribution in [3.05, 3.63) is 88.7 Å². The second kappa shape index (κ2) is 11.0. The van der Waals surface area contributed by atoms with Gasteiger partial charge in [-0.15, -0.1) is 0 Å². The topological polar surface area (TPSA) is 150 Å². The van der Waals surface area contributed by atoms with Gasteiger partial charge in [-0.2, -0.15) is 13.9 Å². The number of nitrogens with one attached hydrogen (secondary N) is 2. The molecule has 232 valence electrons. The second-order valence-electron chi connectivity index (χ2n) is 10.4. The summed E-state index contributed by atoms with van der Waals surface area (Å²) in [7, 11) is -1.66. The van der Waals surface area contributed by atoms with E-state index in [0.29, 0.717) is 44.3 Å². The number of halogens is 3. The summed E-state index contributed by atoms with van der Waals surface area (Å²) in [5.41, 5.74) is 10.7. The molecule has 15 heteroatoms. The minimum atomic E-state index is -5.03. The largest absolute Gasteiger partial charge is 0.484 e. The van der Waals surface area contributed by atoms with Crippen LogP contribution in [0.1, 0.15) is 18.6 Å². The molecule has 0 amide bonds. The van der Waals surface area contributed by atoms with Crippen molar-refractivity contribution >= 4 is 43.5 Å². The van der Waals surface area contributed by atoms with Crippen molar-refractivity contribution in [2.24, 2.45) is 14.1 Å². The van der Waals surface area contributed by atoms with Crippen LogP contribution < -0.4 is 20.9 Å². The number of pyridine rings is 1. The molecule has 0 aliphatic rings. The van der Waals surface area contributed by atoms with Crippen LogP contribution in [0, 0.1) is 5.82 Å². The van der Waals surface area contributed by atoms with Crippen molar-refractivity contribution in [3.63, 3.8) is 0 Å². The monoisotopic (exact) mass is 637 g/mol. The maximum Gasteiger partial charge on any atom is 0.355 e. The molecule has 3 aromatic carbocycles. The van der Waals surface area contributed by atoms with Crippen LogP contribution in [0.3, 0.4) is 0 Å². The molecule has 0 aliphatic heterocycles. The van der Waals surface area contributed by atoms with Gasteiger partial charge in [-0.25, -0.2) is 22.6 Å². The number of benzene rings is 3. The van der Waals surface area contributed by atoms with E-state index in [-0.39, 0.29) is 22.9 Å². The van der Waals surface area contributed by atoms with Gasteiger partial charge in [0, 0.05) is 31.4 Å². The Kier molecular flexibility index (Phi) is 7.27. The lowest BCUT2D eigenvalue weighted by atomic mass is 10.0. The van der Waals surface area contributed by atoms with Crippen LogP contribution in [0.25, 0.3) is 44.3 Å². The van der Waals surface area contributed by atoms with E-state index >= 15 is 0 Å². The molecule has 6 aromatic rings. The third-order valence-electron chi connectivity index (χ3n) is 7.49. The number of H-pyrrole nitrogens is 1. The van der Waals surface area contributed by atoms with E-state index in [2.05, 4.69) is 9.97 Å². The third-order valence-corrected chi connectivity index (χ3v) is 8.47. The number of nitrogens with zero attached hydrogens (tertiary/aromatic N) is 4. The number of rotatable bonds is 8. The molecule has 3 heterocycles. The first-order chi connectivity index (χ1) is 21.3. The van der Waals surface area contributed by atoms with Crippen molar-refractivity contribution in [1.29, 1.82) is 0 Å². The van der Waals surface area contributed by atoms with Crippen molar-refractivity contribution in [3.8, 4) is 28.1 Å². The van der Waals surface area contributed by atoms with Crippen LogP contribution in [-0.2, 0) is 24.1 Å². The number of hydrogen-bond donors (Lipinski definition) is 3. The van der Waals surface area contributed by atoms with Gasteiger partial charge in [0.1, 0.15) is 29.2 Å². The van der Waals surface area contributed by atoms with Gasteiger partial charge in [0.25, 0.3) is 10.0 Å². The molecule has 0 aliphatic carbocycles. The van der Waals surface area contributed by atoms with Gasteiger partial charge in [0.15, 0.2) is 0 Å². The van der Waals surface area contributed by atoms with E-state index in [1.807, 2.05) is 16.9 Å². The summed E-state index contributed by atoms with van der Waals surface area (Å²) in [5, 5.41) is 5.17. The average molecular weight is 638 g/mol. The smallest absolute Gasteiger partial charge is 0.355 e. The predicted molar refractivity (Wildman–Crippen MR) is 165 cm³/mol. The number of imidazole rings is 1. The molecule has 0 spiro atoms. The van der Waals surface area contributed by atoms with E-state index in [9.17, 15) is 26.4 Å². The fourth-order valence-corrected chi connectivity index (χ4v) is 5.75. The molecule has 0 unspecified atom stereocenters. The maximum absolute atomic E-state index is 13.5. The van der Waals surface area contributed by atoms with Crippen molar-refractivity contribution in [2.75, 3.05) is 10.5 Å². The molecule has 6 rings (SSSR count). The molecule has 4 N–H and O–H groups in total. The standard InChI is InChI=1S/C30H26F3N7O4S/c1-15(16-4-8-19(31)9-5-16)44-24-13-18(7-11-22(24)38-45(42,43)29(32)33)26-25-27(40(3)37-26)20(14-35-28(25)34)17-6-10-21-23(12-17)39(2)30(41)36-21/h4-15,29,38H,1-3H3,(H2,34,35)(H,36,41)/t15-/m0/s1. The normalized spacial score (nSPS) is 12.7. The van der Waals surface area contributed by atoms with Gasteiger partial charge in [-0.1, -0.05) is 24.3 Å². The Balaban J connectivity index is 1.49. The predicted octanol–water partition coefficient (Wildman–Crippen LogP) is 5.31. The highest BCUT2D eigenvalue weighted by molar-refractivity contribution is 7.93. The van der Waals surface area contributed by atoms with Crippen molar-refractivity contribution in [1.82, 2.24) is 24.3 Å². The van der Waals surface area contributed by atoms with Gasteiger partial charge in [0.2, 0.25) is 0 Å². The third kappa shape index (κ3) is 5.35. The molecular formula is C30H26F3N7O4S. The lowest BCUT2D eigenvalue weighted by Gasteiger charge is -2.19. The lowest BCUT2D eigenvalue weighted by Crippen LogP contribution is -2.21. The number of ether oxygens (including phenoxy) is 1. The zero-order valence-electron chi connectivity index (χ0n) is 24.0. The zero-order chi connectivity index (χ0) is 32.2. The summed E-state index contributed by atoms with van der Waals surface area (Å²) >= 11 is 0. The number of sulfonamides is 1. The SMILES string of the molecule is C[C@H](Oc1cc(-c2nn(C)c3c(-c4ccc5[nH]c(=O)n(C)c5c4)cnc(N)c23)ccc1NS(=O)(=O)C(F)F)c1ccc(F)cc1. The van der Waals surface area contributed by atoms with Crippen LogP contribution in [0.15, 0.2) is 71.7 Å². The Morgan fingerprint density at radius 3 is 2.44 bits per heavy atom. The summed E-state index contributed by atoms with van der Waals surface area (Å²) in [6, 6.07) is 15.2. The number of nitrogen functional groups attached to an aromatic ring is 1. The van der Waals surface area contributed by atoms with Gasteiger partial charge < -0.3 is 15.5 Å². The van der Waals surface area contributed by atoms with E-state index in [1.54, 1.807) is 38.0 Å². The number of anilines is 2. The van der Waals surface area contributed by atoms with Gasteiger partial charge >= 0.3 is 11.4 Å². The minimum Gasteiger partial charge on any atom is -0.484 e. The summed E-state index contributed by atoms with van der Waals surface area (Å²) in [6.45, 7) is 1.65. The number of aryl methyl sites for hydroxylation is 2. The molecule has 11 nitrogen and oxygen atoms in total. The van der Waals surface area contributed by atoms with Crippen LogP contribution >= 0.6 is 0 Å². The summed E-state index contributed by atoms with van der Waals surface area (Å²) in [4.78, 5) is 19.3. The first-order valence-corrected chi connectivity index (χ1v) is 15.1. The first-order valence-electron chi connectivity index (χ1n) is 13.5. The Morgan fingerprint density at radius 2 is 1.73 bits per heavy atom. The fraction of sp³-hybridized carbons (Fsp3) is 0.167. The van der Waals surface area contributed by atoms with Crippen LogP contribution in [0.5, 0.6) is 5.75 Å². The number of hydrogen-bond acceptors (Lipinski definition) is 7. The summed E-state index contributed by atoms with van der Waals surface area (Å²) < 4.78 is 75.2. The number of nitrogens with two attached hydrogens (primary N) is 1. The first kappa shape index (κ1) is 29.7. The number of fused-ring (bicyclic) bond motifs is 2. The average Bonchev–Trinajstić information content (AvgIpc) is 3.50. The molecule has 0 fully saturated rings. The van der Waals surface area contributed by atoms with Crippen molar-refractivity contribution < 1.29 is 26.3 Å². The Bertz CT molecular complexity index is 2260. The Labute approximate surface area is 254 Å². The molecule has 0 saturated carbocycles. The van der Waals surface area contributed by atoms with Gasteiger partial charge in [-0.3, -0.25) is 14.0 Å². The molecule has 45 heavy (non-hydrogen) atoms. The summed E-state index contributed by atoms with van der Waals surface area (Å²) in [5.74, 6) is -4.05. The number of alkyl halides is 2. The van der Waals surface area contributed by atoms with Gasteiger partial charge in [-0.05, 0) is 54.4 Å². The molecule has 3 aromatic heterocycles. The molecule has 0 bridgehead atoms. The van der Waals surface area contributed by atoms with E-state index in [4.69, 9.17) is 15.6 Å². The number of aromatic amines is 1. The second-order valence-corrected chi connectivity index (χ2v) is 12.1. The Morgan fingerprint density at radius 1 is 1.02 bits per heavy atom. The van der Waals surface area contributed by atoms with Crippen LogP contribution in [-0.4, -0.2) is 38.5 Å². The van der Waals surface area contributed by atoms with E-state index in [0.717, 1.165) is 5.56 Å². The molecule has 1 atom stereocenters. The molecular weight excluding hydrogens is 611 g/mol. The van der Waals surface area contributed by atoms with Crippen LogP contribution in [0.2, 0.25) is 0 Å². The van der Waals surface area contributed by atoms with Crippen molar-refractivity contribution in [2.45, 2.75) is 18.8 Å². The maximum atomic E-state index is 13.5. The van der Waals surface area contributed by atoms with E-state index < -0.39 is 27.7 Å². The molecule has 0 radical (unpaired) electrons. The van der Waals surface area contributed by atoms with E-state index in [1.165, 1.54) is 47.0 Å². The highest BCUT2D eigenvalue weighted by atomic mass is 32.2. The Hall–Kier alpha value is -5.31. The minimum absolute atomic E-state index is 0.0751. The quantitative estimate of drug-likeness (QED) is 0.205.